The summed E-state index contributed by atoms with van der Waals surface area (Å²) in [6.07, 6.45) is 1.65. The zero-order valence-corrected chi connectivity index (χ0v) is 15.2. The number of rotatable bonds is 7. The molecule has 1 N–H and O–H groups in total. The van der Waals surface area contributed by atoms with E-state index in [4.69, 9.17) is 26.4 Å². The van der Waals surface area contributed by atoms with Crippen LogP contribution in [0, 0.1) is 4.77 Å². The van der Waals surface area contributed by atoms with E-state index in [1.54, 1.807) is 26.5 Å². The van der Waals surface area contributed by atoms with Crippen molar-refractivity contribution in [2.24, 2.45) is 5.10 Å². The number of nitrogens with one attached hydrogen (secondary N) is 1. The highest BCUT2D eigenvalue weighted by Gasteiger charge is 2.07. The fraction of sp³-hybridized carbons (Fsp3) is 0.167. The van der Waals surface area contributed by atoms with Gasteiger partial charge in [-0.15, -0.1) is 0 Å². The highest BCUT2D eigenvalue weighted by atomic mass is 32.1. The minimum Gasteiger partial charge on any atom is -0.497 e. The topological polar surface area (TPSA) is 73.7 Å². The molecule has 0 amide bonds. The van der Waals surface area contributed by atoms with E-state index in [1.807, 2.05) is 42.5 Å². The minimum absolute atomic E-state index is 0.230. The molecule has 0 unspecified atom stereocenters. The van der Waals surface area contributed by atoms with E-state index in [9.17, 15) is 0 Å². The molecule has 3 aromatic rings. The number of aromatic nitrogens is 3. The fourth-order valence-electron chi connectivity index (χ4n) is 2.25. The van der Waals surface area contributed by atoms with Gasteiger partial charge in [0, 0.05) is 11.6 Å². The molecule has 0 spiro atoms. The van der Waals surface area contributed by atoms with Crippen LogP contribution in [0.3, 0.4) is 0 Å². The number of hydrogen-bond acceptors (Lipinski definition) is 6. The van der Waals surface area contributed by atoms with Crippen LogP contribution in [0.5, 0.6) is 17.2 Å². The number of H-pyrrole nitrogens is 1. The number of methoxy groups -OCH3 is 2. The highest BCUT2D eigenvalue weighted by Crippen LogP contribution is 2.23. The number of para-hydroxylation sites is 1. The Morgan fingerprint density at radius 2 is 1.92 bits per heavy atom. The average molecular weight is 370 g/mol. The summed E-state index contributed by atoms with van der Waals surface area (Å²) in [5, 5.41) is 11.3. The second-order valence-electron chi connectivity index (χ2n) is 5.21. The third-order valence-corrected chi connectivity index (χ3v) is 3.85. The van der Waals surface area contributed by atoms with E-state index >= 15 is 0 Å². The molecule has 0 radical (unpaired) electrons. The molecule has 8 heteroatoms. The van der Waals surface area contributed by atoms with Crippen molar-refractivity contribution in [3.8, 4) is 17.2 Å². The van der Waals surface area contributed by atoms with Crippen molar-refractivity contribution in [1.29, 1.82) is 0 Å². The van der Waals surface area contributed by atoms with Gasteiger partial charge in [0.15, 0.2) is 5.82 Å². The summed E-state index contributed by atoms with van der Waals surface area (Å²) in [7, 11) is 3.20. The second kappa shape index (κ2) is 8.30. The Bertz CT molecular complexity index is 951. The Kier molecular flexibility index (Phi) is 5.65. The Morgan fingerprint density at radius 3 is 2.65 bits per heavy atom. The summed E-state index contributed by atoms with van der Waals surface area (Å²) >= 11 is 5.24. The molecule has 0 saturated carbocycles. The van der Waals surface area contributed by atoms with Crippen molar-refractivity contribution in [3.05, 3.63) is 64.7 Å². The lowest BCUT2D eigenvalue weighted by Gasteiger charge is -2.07. The molecule has 0 aliphatic carbocycles. The summed E-state index contributed by atoms with van der Waals surface area (Å²) in [4.78, 5) is 0. The van der Waals surface area contributed by atoms with Crippen molar-refractivity contribution in [2.45, 2.75) is 6.61 Å². The fourth-order valence-corrected chi connectivity index (χ4v) is 2.44. The largest absolute Gasteiger partial charge is 0.497 e. The lowest BCUT2D eigenvalue weighted by Crippen LogP contribution is -2.04. The third-order valence-electron chi connectivity index (χ3n) is 3.58. The van der Waals surface area contributed by atoms with Gasteiger partial charge in [0.1, 0.15) is 23.9 Å². The van der Waals surface area contributed by atoms with Crippen LogP contribution in [0.4, 0.5) is 0 Å². The average Bonchev–Trinajstić information content (AvgIpc) is 3.05. The second-order valence-corrected chi connectivity index (χ2v) is 5.60. The number of aromatic amines is 1. The smallest absolute Gasteiger partial charge is 0.216 e. The van der Waals surface area contributed by atoms with Gasteiger partial charge < -0.3 is 14.2 Å². The molecule has 0 saturated heterocycles. The standard InChI is InChI=1S/C18H18N4O3S/c1-23-15-9-8-13(16(10-15)24-2)11-19-22-17(20-21-18(22)26)12-25-14-6-4-3-5-7-14/h3-11H,12H2,1-2H3,(H,21,26)/b19-11+. The van der Waals surface area contributed by atoms with Gasteiger partial charge in [-0.3, -0.25) is 0 Å². The maximum Gasteiger partial charge on any atom is 0.216 e. The zero-order chi connectivity index (χ0) is 18.4. The van der Waals surface area contributed by atoms with Crippen molar-refractivity contribution in [1.82, 2.24) is 14.9 Å². The van der Waals surface area contributed by atoms with E-state index in [0.29, 0.717) is 22.1 Å². The van der Waals surface area contributed by atoms with E-state index in [2.05, 4.69) is 15.3 Å². The first-order valence-corrected chi connectivity index (χ1v) is 8.22. The Labute approximate surface area is 155 Å². The van der Waals surface area contributed by atoms with Crippen molar-refractivity contribution in [3.63, 3.8) is 0 Å². The van der Waals surface area contributed by atoms with E-state index in [-0.39, 0.29) is 6.61 Å². The van der Waals surface area contributed by atoms with Gasteiger partial charge in [0.05, 0.1) is 20.4 Å². The monoisotopic (exact) mass is 370 g/mol. The Balaban J connectivity index is 1.81. The first kappa shape index (κ1) is 17.7. The van der Waals surface area contributed by atoms with Crippen LogP contribution in [-0.2, 0) is 6.61 Å². The molecule has 7 nitrogen and oxygen atoms in total. The molecule has 0 bridgehead atoms. The van der Waals surface area contributed by atoms with Gasteiger partial charge in [-0.05, 0) is 36.5 Å². The number of hydrogen-bond donors (Lipinski definition) is 1. The van der Waals surface area contributed by atoms with E-state index in [0.717, 1.165) is 11.3 Å². The number of benzene rings is 2. The van der Waals surface area contributed by atoms with Crippen LogP contribution in [-0.4, -0.2) is 35.3 Å². The molecule has 0 aliphatic heterocycles. The summed E-state index contributed by atoms with van der Waals surface area (Å²) in [6, 6.07) is 14.9. The molecule has 1 aromatic heterocycles. The van der Waals surface area contributed by atoms with Crippen LogP contribution in [0.25, 0.3) is 0 Å². The molecule has 1 heterocycles. The SMILES string of the molecule is COc1ccc(/C=N/n2c(COc3ccccc3)n[nH]c2=S)c(OC)c1. The van der Waals surface area contributed by atoms with Gasteiger partial charge in [-0.1, -0.05) is 18.2 Å². The van der Waals surface area contributed by atoms with Crippen LogP contribution in [0.15, 0.2) is 53.6 Å². The van der Waals surface area contributed by atoms with Crippen LogP contribution < -0.4 is 14.2 Å². The number of nitrogens with zero attached hydrogens (tertiary/aromatic N) is 3. The van der Waals surface area contributed by atoms with Gasteiger partial charge in [0.2, 0.25) is 4.77 Å². The van der Waals surface area contributed by atoms with Crippen LogP contribution in [0.1, 0.15) is 11.4 Å². The first-order chi connectivity index (χ1) is 12.7. The molecular weight excluding hydrogens is 352 g/mol. The van der Waals surface area contributed by atoms with Gasteiger partial charge in [0.25, 0.3) is 0 Å². The highest BCUT2D eigenvalue weighted by molar-refractivity contribution is 7.71. The molecule has 134 valence electrons. The first-order valence-electron chi connectivity index (χ1n) is 7.82. The molecule has 2 aromatic carbocycles. The Morgan fingerprint density at radius 1 is 1.12 bits per heavy atom. The van der Waals surface area contributed by atoms with Crippen LogP contribution in [0.2, 0.25) is 0 Å². The molecule has 3 rings (SSSR count). The third kappa shape index (κ3) is 4.09. The molecule has 0 atom stereocenters. The van der Waals surface area contributed by atoms with Crippen molar-refractivity contribution in [2.75, 3.05) is 14.2 Å². The van der Waals surface area contributed by atoms with Crippen LogP contribution >= 0.6 is 12.2 Å². The Hall–Kier alpha value is -3.13. The summed E-state index contributed by atoms with van der Waals surface area (Å²) in [5.41, 5.74) is 0.784. The van der Waals surface area contributed by atoms with Gasteiger partial charge in [-0.25, -0.2) is 5.10 Å². The van der Waals surface area contributed by atoms with Gasteiger partial charge >= 0.3 is 0 Å². The molecule has 0 fully saturated rings. The lowest BCUT2D eigenvalue weighted by atomic mass is 10.2. The number of ether oxygens (including phenoxy) is 3. The maximum atomic E-state index is 5.71. The molecule has 26 heavy (non-hydrogen) atoms. The maximum absolute atomic E-state index is 5.71. The van der Waals surface area contributed by atoms with E-state index < -0.39 is 0 Å². The van der Waals surface area contributed by atoms with Gasteiger partial charge in [-0.2, -0.15) is 14.9 Å². The predicted octanol–water partition coefficient (Wildman–Crippen LogP) is 3.42. The summed E-state index contributed by atoms with van der Waals surface area (Å²) in [6.45, 7) is 0.230. The molecule has 0 aliphatic rings. The predicted molar refractivity (Wildman–Crippen MR) is 101 cm³/mol. The quantitative estimate of drug-likeness (QED) is 0.510. The normalized spacial score (nSPS) is 10.8. The minimum atomic E-state index is 0.230. The molecular formula is C18H18N4O3S. The van der Waals surface area contributed by atoms with E-state index in [1.165, 1.54) is 4.68 Å². The van der Waals surface area contributed by atoms with Crippen molar-refractivity contribution >= 4 is 18.4 Å². The summed E-state index contributed by atoms with van der Waals surface area (Å²) in [5.74, 6) is 2.65. The van der Waals surface area contributed by atoms with Crippen molar-refractivity contribution < 1.29 is 14.2 Å². The zero-order valence-electron chi connectivity index (χ0n) is 14.4. The summed E-state index contributed by atoms with van der Waals surface area (Å²) < 4.78 is 18.2. The lowest BCUT2D eigenvalue weighted by molar-refractivity contribution is 0.290.